The van der Waals surface area contributed by atoms with Crippen molar-refractivity contribution in [2.45, 2.75) is 57.1 Å². The summed E-state index contributed by atoms with van der Waals surface area (Å²) in [4.78, 5) is 0. The molecule has 1 aliphatic heterocycles. The van der Waals surface area contributed by atoms with Crippen LogP contribution in [-0.2, 0) is 0 Å². The maximum atomic E-state index is 6.12. The third-order valence-electron chi connectivity index (χ3n) is 4.52. The van der Waals surface area contributed by atoms with E-state index >= 15 is 0 Å². The molecule has 122 valence electrons. The van der Waals surface area contributed by atoms with E-state index in [0.29, 0.717) is 0 Å². The van der Waals surface area contributed by atoms with Gasteiger partial charge in [-0.3, -0.25) is 0 Å². The molecule has 0 saturated heterocycles. The summed E-state index contributed by atoms with van der Waals surface area (Å²) >= 11 is -1.19. The van der Waals surface area contributed by atoms with Gasteiger partial charge in [-0.2, -0.15) is 0 Å². The Bertz CT molecular complexity index is 577. The van der Waals surface area contributed by atoms with E-state index in [4.69, 9.17) is 4.74 Å². The minimum absolute atomic E-state index is 1.11. The summed E-state index contributed by atoms with van der Waals surface area (Å²) in [6.45, 7) is 2.28. The molecular weight excluding hydrogens is 343 g/mol. The van der Waals surface area contributed by atoms with Crippen molar-refractivity contribution in [3.05, 3.63) is 48.5 Å². The predicted octanol–water partition coefficient (Wildman–Crippen LogP) is 5.15. The van der Waals surface area contributed by atoms with E-state index in [9.17, 15) is 0 Å². The topological polar surface area (TPSA) is 9.23 Å². The Morgan fingerprint density at radius 2 is 1.22 bits per heavy atom. The van der Waals surface area contributed by atoms with Crippen LogP contribution in [0.4, 0.5) is 0 Å². The Kier molecular flexibility index (Phi) is 6.22. The molecule has 0 aliphatic carbocycles. The summed E-state index contributed by atoms with van der Waals surface area (Å²) in [7, 11) is 0. The molecule has 3 rings (SSSR count). The van der Waals surface area contributed by atoms with Gasteiger partial charge >= 0.3 is 145 Å². The molecule has 0 fully saturated rings. The molecule has 0 radical (unpaired) electrons. The number of hydrogen-bond acceptors (Lipinski definition) is 1. The van der Waals surface area contributed by atoms with Crippen molar-refractivity contribution in [2.24, 2.45) is 0 Å². The normalized spacial score (nSPS) is 13.3. The summed E-state index contributed by atoms with van der Waals surface area (Å²) < 4.78 is 9.12. The Morgan fingerprint density at radius 3 is 1.83 bits per heavy atom. The standard InChI is InChI=1S/C21H27AsO/c1-2-3-4-5-6-7-12-17-22-18-13-8-10-15-20(18)23-21-16-11-9-14-19(21)22/h8-11,13-16H,2-7,12,17H2,1H3. The average molecular weight is 370 g/mol. The second-order valence-corrected chi connectivity index (χ2v) is 11.1. The number of rotatable bonds is 8. The Morgan fingerprint density at radius 1 is 0.696 bits per heavy atom. The van der Waals surface area contributed by atoms with Crippen molar-refractivity contribution in [1.29, 1.82) is 0 Å². The average Bonchev–Trinajstić information content (AvgIpc) is 2.60. The Labute approximate surface area is 145 Å². The molecule has 2 aromatic rings. The van der Waals surface area contributed by atoms with Crippen LogP contribution in [-0.4, -0.2) is 14.7 Å². The molecule has 23 heavy (non-hydrogen) atoms. The molecule has 0 aromatic heterocycles. The maximum absolute atomic E-state index is 6.12. The summed E-state index contributed by atoms with van der Waals surface area (Å²) in [6, 6.07) is 17.4. The van der Waals surface area contributed by atoms with Gasteiger partial charge in [-0.25, -0.2) is 0 Å². The van der Waals surface area contributed by atoms with Crippen LogP contribution in [0.15, 0.2) is 48.5 Å². The molecule has 2 heteroatoms. The fourth-order valence-electron chi connectivity index (χ4n) is 3.25. The number of fused-ring (bicyclic) bond motifs is 2. The number of para-hydroxylation sites is 2. The number of hydrogen-bond donors (Lipinski definition) is 0. The summed E-state index contributed by atoms with van der Waals surface area (Å²) in [5, 5.41) is 1.37. The van der Waals surface area contributed by atoms with Crippen LogP contribution >= 0.6 is 0 Å². The molecule has 0 bridgehead atoms. The van der Waals surface area contributed by atoms with Crippen molar-refractivity contribution in [3.8, 4) is 11.5 Å². The van der Waals surface area contributed by atoms with Gasteiger partial charge in [0.2, 0.25) is 0 Å². The quantitative estimate of drug-likeness (QED) is 0.461. The van der Waals surface area contributed by atoms with Crippen LogP contribution in [0, 0.1) is 0 Å². The molecule has 0 N–H and O–H groups in total. The Balaban J connectivity index is 1.62. The predicted molar refractivity (Wildman–Crippen MR) is 101 cm³/mol. The minimum atomic E-state index is -1.19. The molecule has 0 spiro atoms. The van der Waals surface area contributed by atoms with E-state index in [-0.39, 0.29) is 0 Å². The van der Waals surface area contributed by atoms with Crippen molar-refractivity contribution in [2.75, 3.05) is 0 Å². The van der Waals surface area contributed by atoms with E-state index in [1.54, 1.807) is 0 Å². The van der Waals surface area contributed by atoms with Crippen LogP contribution in [0.1, 0.15) is 51.9 Å². The van der Waals surface area contributed by atoms with Gasteiger partial charge in [-0.1, -0.05) is 0 Å². The van der Waals surface area contributed by atoms with Gasteiger partial charge in [0.25, 0.3) is 0 Å². The molecule has 1 nitrogen and oxygen atoms in total. The summed E-state index contributed by atoms with van der Waals surface area (Å²) in [6.07, 6.45) is 9.73. The van der Waals surface area contributed by atoms with E-state index in [1.807, 2.05) is 0 Å². The van der Waals surface area contributed by atoms with Crippen LogP contribution in [0.5, 0.6) is 11.5 Å². The summed E-state index contributed by atoms with van der Waals surface area (Å²) in [5.41, 5.74) is 0. The first-order chi connectivity index (χ1) is 11.4. The number of benzene rings is 2. The SMILES string of the molecule is CCCCCCCCC[As]1c2ccccc2Oc2ccccc21. The molecule has 0 unspecified atom stereocenters. The molecule has 0 saturated carbocycles. The number of ether oxygens (including phenoxy) is 1. The zero-order valence-electron chi connectivity index (χ0n) is 14.1. The van der Waals surface area contributed by atoms with Crippen molar-refractivity contribution in [3.63, 3.8) is 0 Å². The van der Waals surface area contributed by atoms with Gasteiger partial charge in [0, 0.05) is 0 Å². The van der Waals surface area contributed by atoms with Gasteiger partial charge in [-0.05, 0) is 0 Å². The second-order valence-electron chi connectivity index (χ2n) is 6.31. The zero-order chi connectivity index (χ0) is 15.9. The van der Waals surface area contributed by atoms with Crippen molar-refractivity contribution < 1.29 is 4.74 Å². The first-order valence-electron chi connectivity index (χ1n) is 9.03. The van der Waals surface area contributed by atoms with Gasteiger partial charge in [-0.15, -0.1) is 0 Å². The molecule has 1 aliphatic rings. The molecule has 2 aromatic carbocycles. The fraction of sp³-hybridized carbons (Fsp3) is 0.429. The third kappa shape index (κ3) is 4.21. The molecule has 1 heterocycles. The molecular formula is C21H27AsO. The van der Waals surface area contributed by atoms with E-state index in [2.05, 4.69) is 55.5 Å². The first kappa shape index (κ1) is 16.6. The Hall–Kier alpha value is -1.20. The van der Waals surface area contributed by atoms with Gasteiger partial charge in [0.15, 0.2) is 0 Å². The number of unbranched alkanes of at least 4 members (excludes halogenated alkanes) is 6. The van der Waals surface area contributed by atoms with Crippen molar-refractivity contribution in [1.82, 2.24) is 0 Å². The third-order valence-corrected chi connectivity index (χ3v) is 10.1. The first-order valence-corrected chi connectivity index (χ1v) is 12.2. The second kappa shape index (κ2) is 8.59. The zero-order valence-corrected chi connectivity index (χ0v) is 16.0. The van der Waals surface area contributed by atoms with E-state index < -0.39 is 14.7 Å². The fourth-order valence-corrected chi connectivity index (χ4v) is 8.67. The van der Waals surface area contributed by atoms with Crippen LogP contribution in [0.25, 0.3) is 0 Å². The van der Waals surface area contributed by atoms with E-state index in [1.165, 1.54) is 58.9 Å². The summed E-state index contributed by atoms with van der Waals surface area (Å²) in [5.74, 6) is 2.21. The molecule has 0 amide bonds. The van der Waals surface area contributed by atoms with Gasteiger partial charge in [0.1, 0.15) is 0 Å². The van der Waals surface area contributed by atoms with Gasteiger partial charge in [0.05, 0.1) is 0 Å². The monoisotopic (exact) mass is 370 g/mol. The van der Waals surface area contributed by atoms with Crippen LogP contribution in [0.2, 0.25) is 5.21 Å². The van der Waals surface area contributed by atoms with Gasteiger partial charge < -0.3 is 0 Å². The van der Waals surface area contributed by atoms with Crippen LogP contribution < -0.4 is 13.4 Å². The molecule has 0 atom stereocenters. The van der Waals surface area contributed by atoms with Crippen molar-refractivity contribution >= 4 is 23.4 Å². The van der Waals surface area contributed by atoms with Crippen LogP contribution in [0.3, 0.4) is 0 Å². The van der Waals surface area contributed by atoms with E-state index in [0.717, 1.165) is 11.5 Å².